The normalized spacial score (nSPS) is 15.8. The largest absolute Gasteiger partial charge is 0.487 e. The van der Waals surface area contributed by atoms with Gasteiger partial charge in [0.1, 0.15) is 11.4 Å². The van der Waals surface area contributed by atoms with Gasteiger partial charge in [0.25, 0.3) is 15.9 Å². The van der Waals surface area contributed by atoms with Crippen LogP contribution in [0.2, 0.25) is 0 Å². The summed E-state index contributed by atoms with van der Waals surface area (Å²) in [4.78, 5) is 14.2. The van der Waals surface area contributed by atoms with Gasteiger partial charge in [0.05, 0.1) is 28.7 Å². The zero-order chi connectivity index (χ0) is 29.0. The van der Waals surface area contributed by atoms with E-state index in [2.05, 4.69) is 19.2 Å². The molecule has 1 N–H and O–H groups in total. The first-order valence-corrected chi connectivity index (χ1v) is 15.5. The summed E-state index contributed by atoms with van der Waals surface area (Å²) in [6.07, 6.45) is 2.24. The number of benzene rings is 4. The Morgan fingerprint density at radius 2 is 1.51 bits per heavy atom. The molecule has 0 saturated carbocycles. The van der Waals surface area contributed by atoms with Gasteiger partial charge in [0, 0.05) is 12.0 Å². The van der Waals surface area contributed by atoms with E-state index in [-0.39, 0.29) is 29.0 Å². The number of carbonyl (C=O) groups excluding carboxylic acids is 1. The number of nitrogens with one attached hydrogen (secondary N) is 1. The maximum atomic E-state index is 14.1. The van der Waals surface area contributed by atoms with E-state index in [0.717, 1.165) is 35.3 Å². The summed E-state index contributed by atoms with van der Waals surface area (Å²) in [6.45, 7) is 6.19. The number of hydrogen-bond acceptors (Lipinski definition) is 4. The summed E-state index contributed by atoms with van der Waals surface area (Å²) in [5.41, 5.74) is 2.93. The minimum atomic E-state index is -4.00. The van der Waals surface area contributed by atoms with Crippen molar-refractivity contribution in [2.24, 2.45) is 0 Å². The van der Waals surface area contributed by atoms with Crippen molar-refractivity contribution in [2.75, 3.05) is 4.31 Å². The summed E-state index contributed by atoms with van der Waals surface area (Å²) in [5.74, 6) is 0.439. The maximum absolute atomic E-state index is 14.1. The molecule has 4 aromatic rings. The molecule has 0 bridgehead atoms. The number of hydrogen-bond donors (Lipinski definition) is 1. The first kappa shape index (κ1) is 28.4. The SMILES string of the molecule is CCC1(CC)C[C@@H](NC(=O)c2ccccc2N(Cc2ccccc2)S(=O)(=O)c2ccc(C)cc2)c2ccccc2O1. The molecule has 212 valence electrons. The summed E-state index contributed by atoms with van der Waals surface area (Å²) < 4.78 is 36.0. The fourth-order valence-corrected chi connectivity index (χ4v) is 6.91. The average Bonchev–Trinajstić information content (AvgIpc) is 3.00. The first-order chi connectivity index (χ1) is 19.8. The Balaban J connectivity index is 1.55. The van der Waals surface area contributed by atoms with Gasteiger partial charge in [0.15, 0.2) is 0 Å². The second-order valence-corrected chi connectivity index (χ2v) is 12.4. The fraction of sp³-hybridized carbons (Fsp3) is 0.265. The highest BCUT2D eigenvalue weighted by atomic mass is 32.2. The topological polar surface area (TPSA) is 75.7 Å². The van der Waals surface area contributed by atoms with Crippen molar-refractivity contribution in [2.45, 2.75) is 63.1 Å². The lowest BCUT2D eigenvalue weighted by atomic mass is 9.83. The molecule has 1 amide bonds. The molecular weight excluding hydrogens is 532 g/mol. The van der Waals surface area contributed by atoms with Crippen molar-refractivity contribution in [3.63, 3.8) is 0 Å². The van der Waals surface area contributed by atoms with Crippen LogP contribution in [0.25, 0.3) is 0 Å². The van der Waals surface area contributed by atoms with Gasteiger partial charge in [-0.3, -0.25) is 9.10 Å². The van der Waals surface area contributed by atoms with Crippen LogP contribution in [0, 0.1) is 6.92 Å². The Bertz CT molecular complexity index is 1610. The molecule has 1 aliphatic heterocycles. The predicted molar refractivity (Wildman–Crippen MR) is 163 cm³/mol. The van der Waals surface area contributed by atoms with Gasteiger partial charge in [-0.2, -0.15) is 0 Å². The second kappa shape index (κ2) is 11.8. The molecule has 0 unspecified atom stereocenters. The summed E-state index contributed by atoms with van der Waals surface area (Å²) in [5, 5.41) is 3.23. The van der Waals surface area contributed by atoms with Crippen LogP contribution in [0.1, 0.15) is 66.2 Å². The third-order valence-corrected chi connectivity index (χ3v) is 9.76. The second-order valence-electron chi connectivity index (χ2n) is 10.6. The Morgan fingerprint density at radius 1 is 0.878 bits per heavy atom. The van der Waals surface area contributed by atoms with Crippen LogP contribution in [0.5, 0.6) is 5.75 Å². The van der Waals surface area contributed by atoms with Crippen molar-refractivity contribution >= 4 is 21.6 Å². The number of amides is 1. The maximum Gasteiger partial charge on any atom is 0.264 e. The van der Waals surface area contributed by atoms with E-state index in [0.29, 0.717) is 17.7 Å². The van der Waals surface area contributed by atoms with E-state index < -0.39 is 10.0 Å². The molecule has 0 spiro atoms. The lowest BCUT2D eigenvalue weighted by molar-refractivity contribution is 0.0227. The van der Waals surface area contributed by atoms with E-state index in [1.54, 1.807) is 48.5 Å². The van der Waals surface area contributed by atoms with Crippen molar-refractivity contribution in [3.05, 3.63) is 125 Å². The van der Waals surface area contributed by atoms with Crippen LogP contribution in [0.4, 0.5) is 5.69 Å². The molecular formula is C34H36N2O4S. The number of fused-ring (bicyclic) bond motifs is 1. The van der Waals surface area contributed by atoms with Crippen LogP contribution < -0.4 is 14.4 Å². The number of nitrogens with zero attached hydrogens (tertiary/aromatic N) is 1. The van der Waals surface area contributed by atoms with Gasteiger partial charge in [-0.25, -0.2) is 8.42 Å². The predicted octanol–water partition coefficient (Wildman–Crippen LogP) is 7.20. The van der Waals surface area contributed by atoms with Gasteiger partial charge >= 0.3 is 0 Å². The van der Waals surface area contributed by atoms with Crippen molar-refractivity contribution in [1.82, 2.24) is 5.32 Å². The highest BCUT2D eigenvalue weighted by Crippen LogP contribution is 2.43. The first-order valence-electron chi connectivity index (χ1n) is 14.1. The molecule has 4 aromatic carbocycles. The zero-order valence-electron chi connectivity index (χ0n) is 23.7. The standard InChI is InChI=1S/C34H36N2O4S/c1-4-34(5-2)23-30(28-15-10-12-18-32(28)40-34)35-33(37)29-16-9-11-17-31(29)36(24-26-13-7-6-8-14-26)41(38,39)27-21-19-25(3)20-22-27/h6-22,30H,4-5,23-24H2,1-3H3,(H,35,37)/t30-/m1/s1. The molecule has 1 atom stereocenters. The summed E-state index contributed by atoms with van der Waals surface area (Å²) in [6, 6.07) is 30.6. The minimum Gasteiger partial charge on any atom is -0.487 e. The van der Waals surface area contributed by atoms with Gasteiger partial charge in [-0.15, -0.1) is 0 Å². The molecule has 0 aliphatic carbocycles. The van der Waals surface area contributed by atoms with E-state index >= 15 is 0 Å². The highest BCUT2D eigenvalue weighted by molar-refractivity contribution is 7.92. The van der Waals surface area contributed by atoms with Gasteiger partial charge in [-0.1, -0.05) is 92.2 Å². The van der Waals surface area contributed by atoms with E-state index in [1.165, 1.54) is 4.31 Å². The number of sulfonamides is 1. The van der Waals surface area contributed by atoms with Crippen molar-refractivity contribution < 1.29 is 17.9 Å². The molecule has 0 saturated heterocycles. The smallest absolute Gasteiger partial charge is 0.264 e. The van der Waals surface area contributed by atoms with Crippen LogP contribution in [-0.2, 0) is 16.6 Å². The molecule has 0 aromatic heterocycles. The molecule has 1 aliphatic rings. The molecule has 1 heterocycles. The Morgan fingerprint density at radius 3 is 2.22 bits per heavy atom. The molecule has 0 fully saturated rings. The fourth-order valence-electron chi connectivity index (χ4n) is 5.44. The Labute approximate surface area is 243 Å². The van der Waals surface area contributed by atoms with Crippen LogP contribution >= 0.6 is 0 Å². The zero-order valence-corrected chi connectivity index (χ0v) is 24.5. The number of aryl methyl sites for hydroxylation is 1. The van der Waals surface area contributed by atoms with Crippen LogP contribution in [0.15, 0.2) is 108 Å². The minimum absolute atomic E-state index is 0.0796. The Hall–Kier alpha value is -4.10. The monoisotopic (exact) mass is 568 g/mol. The number of carbonyl (C=O) groups is 1. The third-order valence-electron chi connectivity index (χ3n) is 7.99. The van der Waals surface area contributed by atoms with Gasteiger partial charge < -0.3 is 10.1 Å². The Kier molecular flexibility index (Phi) is 8.18. The number of ether oxygens (including phenoxy) is 1. The lowest BCUT2D eigenvalue weighted by Gasteiger charge is -2.41. The number of para-hydroxylation sites is 2. The van der Waals surface area contributed by atoms with Gasteiger partial charge in [0.2, 0.25) is 0 Å². The molecule has 5 rings (SSSR count). The molecule has 6 nitrogen and oxygen atoms in total. The number of anilines is 1. The van der Waals surface area contributed by atoms with Crippen molar-refractivity contribution in [3.8, 4) is 5.75 Å². The van der Waals surface area contributed by atoms with Crippen molar-refractivity contribution in [1.29, 1.82) is 0 Å². The van der Waals surface area contributed by atoms with Crippen LogP contribution in [0.3, 0.4) is 0 Å². The van der Waals surface area contributed by atoms with E-state index in [4.69, 9.17) is 4.74 Å². The quantitative estimate of drug-likeness (QED) is 0.232. The highest BCUT2D eigenvalue weighted by Gasteiger charge is 2.39. The number of rotatable bonds is 9. The molecule has 0 radical (unpaired) electrons. The van der Waals surface area contributed by atoms with Gasteiger partial charge in [-0.05, 0) is 55.7 Å². The van der Waals surface area contributed by atoms with Crippen LogP contribution in [-0.4, -0.2) is 19.9 Å². The summed E-state index contributed by atoms with van der Waals surface area (Å²) >= 11 is 0. The third kappa shape index (κ3) is 5.86. The molecule has 7 heteroatoms. The van der Waals surface area contributed by atoms with E-state index in [9.17, 15) is 13.2 Å². The lowest BCUT2D eigenvalue weighted by Crippen LogP contribution is -2.44. The summed E-state index contributed by atoms with van der Waals surface area (Å²) in [7, 11) is -4.00. The van der Waals surface area contributed by atoms with E-state index in [1.807, 2.05) is 61.5 Å². The molecule has 41 heavy (non-hydrogen) atoms. The average molecular weight is 569 g/mol.